The van der Waals surface area contributed by atoms with Crippen molar-refractivity contribution in [1.29, 1.82) is 0 Å². The molecule has 0 aromatic heterocycles. The topological polar surface area (TPSA) is 122 Å². The van der Waals surface area contributed by atoms with Crippen molar-refractivity contribution in [2.24, 2.45) is 46.3 Å². The van der Waals surface area contributed by atoms with Gasteiger partial charge in [0.2, 0.25) is 5.91 Å². The molecule has 0 radical (unpaired) electrons. The molecule has 4 aliphatic carbocycles. The monoisotopic (exact) mass is 602 g/mol. The maximum absolute atomic E-state index is 12.6. The van der Waals surface area contributed by atoms with Crippen LogP contribution in [0, 0.1) is 46.3 Å². The van der Waals surface area contributed by atoms with Gasteiger partial charge in [-0.05, 0) is 135 Å². The minimum absolute atomic E-state index is 0.0473. The molecule has 5 rings (SSSR count). The second-order valence-corrected chi connectivity index (χ2v) is 16.0. The number of carbonyl (C=O) groups is 2. The molecule has 42 heavy (non-hydrogen) atoms. The van der Waals surface area contributed by atoms with Crippen molar-refractivity contribution in [3.63, 3.8) is 0 Å². The van der Waals surface area contributed by atoms with Gasteiger partial charge >= 0.3 is 0 Å². The Labute approximate surface area is 251 Å². The van der Waals surface area contributed by atoms with Gasteiger partial charge in [-0.2, -0.15) is 0 Å². The van der Waals surface area contributed by atoms with E-state index < -0.39 is 15.9 Å². The smallest absolute Gasteiger partial charge is 0.264 e. The van der Waals surface area contributed by atoms with Crippen LogP contribution in [0.3, 0.4) is 0 Å². The van der Waals surface area contributed by atoms with Crippen LogP contribution in [0.2, 0.25) is 0 Å². The van der Waals surface area contributed by atoms with Gasteiger partial charge in [-0.15, -0.1) is 0 Å². The average molecular weight is 603 g/mol. The van der Waals surface area contributed by atoms with Crippen LogP contribution < -0.4 is 14.8 Å². The minimum Gasteiger partial charge on any atom is -0.497 e. The van der Waals surface area contributed by atoms with E-state index in [9.17, 15) is 23.1 Å². The number of aliphatic hydroxyl groups excluding tert-OH is 1. The van der Waals surface area contributed by atoms with Gasteiger partial charge in [0.25, 0.3) is 15.9 Å². The average Bonchev–Trinajstić information content (AvgIpc) is 3.32. The van der Waals surface area contributed by atoms with Gasteiger partial charge in [0.1, 0.15) is 5.75 Å². The number of fused-ring (bicyclic) bond motifs is 5. The number of carbonyl (C=O) groups excluding carboxylic acids is 2. The maximum Gasteiger partial charge on any atom is 0.264 e. The van der Waals surface area contributed by atoms with E-state index in [4.69, 9.17) is 4.74 Å². The van der Waals surface area contributed by atoms with E-state index in [0.29, 0.717) is 40.8 Å². The molecule has 4 fully saturated rings. The molecule has 4 aliphatic rings. The van der Waals surface area contributed by atoms with Gasteiger partial charge in [0, 0.05) is 6.42 Å². The summed E-state index contributed by atoms with van der Waals surface area (Å²) in [4.78, 5) is 24.9. The van der Waals surface area contributed by atoms with Crippen LogP contribution in [-0.2, 0) is 19.6 Å². The predicted molar refractivity (Wildman–Crippen MR) is 161 cm³/mol. The lowest BCUT2D eigenvalue weighted by molar-refractivity contribution is -0.130. The number of benzene rings is 1. The summed E-state index contributed by atoms with van der Waals surface area (Å²) in [7, 11) is -2.54. The first kappa shape index (κ1) is 31.3. The van der Waals surface area contributed by atoms with Gasteiger partial charge < -0.3 is 15.2 Å². The van der Waals surface area contributed by atoms with Crippen LogP contribution in [0.1, 0.15) is 91.4 Å². The van der Waals surface area contributed by atoms with Crippen LogP contribution in [0.25, 0.3) is 0 Å². The molecule has 0 spiro atoms. The van der Waals surface area contributed by atoms with Crippen molar-refractivity contribution in [3.8, 4) is 5.75 Å². The number of nitrogens with one attached hydrogen (secondary N) is 2. The third-order valence-corrected chi connectivity index (χ3v) is 13.7. The highest BCUT2D eigenvalue weighted by Crippen LogP contribution is 2.68. The third-order valence-electron chi connectivity index (χ3n) is 12.3. The lowest BCUT2D eigenvalue weighted by atomic mass is 9.44. The molecular formula is C33H50N2O6S. The molecular weight excluding hydrogens is 552 g/mol. The maximum atomic E-state index is 12.6. The fourth-order valence-electron chi connectivity index (χ4n) is 10.0. The number of amides is 2. The molecule has 3 N–H and O–H groups in total. The largest absolute Gasteiger partial charge is 0.497 e. The molecule has 0 heterocycles. The number of ether oxygens (including phenoxy) is 1. The highest BCUT2D eigenvalue weighted by atomic mass is 32.2. The zero-order valence-electron chi connectivity index (χ0n) is 25.7. The summed E-state index contributed by atoms with van der Waals surface area (Å²) >= 11 is 0. The van der Waals surface area contributed by atoms with Crippen LogP contribution in [0.5, 0.6) is 5.75 Å². The van der Waals surface area contributed by atoms with Crippen molar-refractivity contribution in [1.82, 2.24) is 10.0 Å². The molecule has 9 heteroatoms. The summed E-state index contributed by atoms with van der Waals surface area (Å²) in [5.74, 6) is 3.49. The molecule has 1 aromatic rings. The summed E-state index contributed by atoms with van der Waals surface area (Å²) < 4.78 is 32.0. The van der Waals surface area contributed by atoms with Crippen molar-refractivity contribution in [2.75, 3.05) is 13.7 Å². The minimum atomic E-state index is -4.03. The van der Waals surface area contributed by atoms with Crippen molar-refractivity contribution in [3.05, 3.63) is 24.3 Å². The van der Waals surface area contributed by atoms with E-state index in [2.05, 4.69) is 26.1 Å². The number of aliphatic hydroxyl groups is 1. The lowest BCUT2D eigenvalue weighted by Gasteiger charge is -2.61. The molecule has 0 saturated heterocycles. The summed E-state index contributed by atoms with van der Waals surface area (Å²) in [6.45, 7) is 6.96. The first-order valence-electron chi connectivity index (χ1n) is 16.0. The summed E-state index contributed by atoms with van der Waals surface area (Å²) in [6, 6.07) is 5.74. The van der Waals surface area contributed by atoms with Gasteiger partial charge in [0.15, 0.2) is 0 Å². The van der Waals surface area contributed by atoms with Gasteiger partial charge in [-0.3, -0.25) is 9.59 Å². The highest BCUT2D eigenvalue weighted by Gasteiger charge is 2.60. The van der Waals surface area contributed by atoms with E-state index in [-0.39, 0.29) is 23.5 Å². The van der Waals surface area contributed by atoms with Crippen LogP contribution in [0.4, 0.5) is 0 Å². The van der Waals surface area contributed by atoms with Crippen molar-refractivity contribution >= 4 is 21.8 Å². The van der Waals surface area contributed by atoms with Crippen LogP contribution >= 0.6 is 0 Å². The normalized spacial score (nSPS) is 36.6. The second-order valence-electron chi connectivity index (χ2n) is 14.3. The molecule has 234 valence electrons. The van der Waals surface area contributed by atoms with Crippen LogP contribution in [0.15, 0.2) is 29.2 Å². The Bertz CT molecular complexity index is 1250. The van der Waals surface area contributed by atoms with E-state index in [1.807, 2.05) is 4.72 Å². The standard InChI is InChI=1S/C33H50N2O6S/c1-21(5-14-30(37)34-20-31(38)35-42(39,40)25-9-7-24(41-4)8-10-25)27-12-13-28-26-11-6-22-19-23(36)15-17-32(22,2)29(26)16-18-33(27,28)3/h7-10,21-23,26-29,36H,5-6,11-20H2,1-4H3,(H,34,37)(H,35,38). The van der Waals surface area contributed by atoms with Gasteiger partial charge in [-0.1, -0.05) is 20.8 Å². The van der Waals surface area contributed by atoms with Gasteiger partial charge in [0.05, 0.1) is 24.7 Å². The number of sulfonamides is 1. The molecule has 4 saturated carbocycles. The highest BCUT2D eigenvalue weighted by molar-refractivity contribution is 7.90. The number of hydrogen-bond donors (Lipinski definition) is 3. The Morgan fingerprint density at radius 1 is 0.976 bits per heavy atom. The van der Waals surface area contributed by atoms with Crippen molar-refractivity contribution < 1.29 is 27.9 Å². The number of hydrogen-bond acceptors (Lipinski definition) is 6. The zero-order valence-corrected chi connectivity index (χ0v) is 26.5. The van der Waals surface area contributed by atoms with E-state index in [1.165, 1.54) is 76.3 Å². The fraction of sp³-hybridized carbons (Fsp3) is 0.758. The van der Waals surface area contributed by atoms with E-state index in [1.54, 1.807) is 0 Å². The Morgan fingerprint density at radius 2 is 1.67 bits per heavy atom. The summed E-state index contributed by atoms with van der Waals surface area (Å²) in [5.41, 5.74) is 0.690. The fourth-order valence-corrected chi connectivity index (χ4v) is 11.0. The van der Waals surface area contributed by atoms with E-state index >= 15 is 0 Å². The van der Waals surface area contributed by atoms with Gasteiger partial charge in [-0.25, -0.2) is 13.1 Å². The Balaban J connectivity index is 1.10. The number of methoxy groups -OCH3 is 1. The summed E-state index contributed by atoms with van der Waals surface area (Å²) in [6.07, 6.45) is 11.7. The molecule has 8 nitrogen and oxygen atoms in total. The molecule has 0 bridgehead atoms. The quantitative estimate of drug-likeness (QED) is 0.364. The second kappa shape index (κ2) is 12.1. The zero-order chi connectivity index (χ0) is 30.3. The lowest BCUT2D eigenvalue weighted by Crippen LogP contribution is -2.54. The third kappa shape index (κ3) is 5.97. The predicted octanol–water partition coefficient (Wildman–Crippen LogP) is 5.05. The Morgan fingerprint density at radius 3 is 2.38 bits per heavy atom. The Hall–Kier alpha value is -2.13. The molecule has 9 unspecified atom stereocenters. The SMILES string of the molecule is COc1ccc(S(=O)(=O)NC(=O)CNC(=O)CCC(C)C2CCC3C4CCC5CC(O)CCC5(C)C4CCC23C)cc1. The first-order chi connectivity index (χ1) is 19.9. The van der Waals surface area contributed by atoms with Crippen LogP contribution in [-0.4, -0.2) is 45.1 Å². The molecule has 2 amide bonds. The molecule has 9 atom stereocenters. The van der Waals surface area contributed by atoms with E-state index in [0.717, 1.165) is 37.0 Å². The first-order valence-corrected chi connectivity index (χ1v) is 17.5. The Kier molecular flexibility index (Phi) is 9.02. The van der Waals surface area contributed by atoms with Crippen molar-refractivity contribution in [2.45, 2.75) is 102 Å². The summed E-state index contributed by atoms with van der Waals surface area (Å²) in [5, 5.41) is 12.9. The number of rotatable bonds is 9. The molecule has 0 aliphatic heterocycles. The molecule has 1 aromatic carbocycles.